The normalized spacial score (nSPS) is 16.6. The summed E-state index contributed by atoms with van der Waals surface area (Å²) in [4.78, 5) is 5.82. The van der Waals surface area contributed by atoms with Crippen LogP contribution >= 0.6 is 0 Å². The maximum Gasteiger partial charge on any atom is 0.416 e. The molecule has 1 fully saturated rings. The van der Waals surface area contributed by atoms with Crippen LogP contribution in [0.2, 0.25) is 0 Å². The fourth-order valence-electron chi connectivity index (χ4n) is 4.14. The van der Waals surface area contributed by atoms with Crippen LogP contribution in [0.3, 0.4) is 0 Å². The molecule has 4 rings (SSSR count). The van der Waals surface area contributed by atoms with Crippen LogP contribution in [0.1, 0.15) is 47.0 Å². The summed E-state index contributed by atoms with van der Waals surface area (Å²) in [5.41, 5.74) is 4.48. The molecule has 3 N–H and O–H groups in total. The van der Waals surface area contributed by atoms with Crippen molar-refractivity contribution >= 4 is 5.96 Å². The first-order valence-electron chi connectivity index (χ1n) is 10.7. The van der Waals surface area contributed by atoms with Gasteiger partial charge in [0.25, 0.3) is 0 Å². The molecule has 0 radical (unpaired) electrons. The third kappa shape index (κ3) is 5.41. The summed E-state index contributed by atoms with van der Waals surface area (Å²) in [6.45, 7) is 0.545. The molecule has 1 saturated heterocycles. The number of aromatic nitrogens is 2. The summed E-state index contributed by atoms with van der Waals surface area (Å²) in [6, 6.07) is 7.65. The third-order valence-electron chi connectivity index (χ3n) is 5.93. The van der Waals surface area contributed by atoms with E-state index >= 15 is 0 Å². The van der Waals surface area contributed by atoms with Gasteiger partial charge in [-0.2, -0.15) is 31.3 Å². The van der Waals surface area contributed by atoms with Crippen LogP contribution in [-0.2, 0) is 25.2 Å². The van der Waals surface area contributed by atoms with E-state index in [1.54, 1.807) is 4.90 Å². The molecule has 0 bridgehead atoms. The van der Waals surface area contributed by atoms with Crippen molar-refractivity contribution in [2.45, 2.75) is 44.1 Å². The molecule has 35 heavy (non-hydrogen) atoms. The van der Waals surface area contributed by atoms with E-state index in [1.165, 1.54) is 24.3 Å². The highest BCUT2D eigenvalue weighted by molar-refractivity contribution is 5.75. The summed E-state index contributed by atoms with van der Waals surface area (Å²) in [7, 11) is 0. The molecule has 2 aromatic carbocycles. The van der Waals surface area contributed by atoms with E-state index in [0.717, 1.165) is 24.6 Å². The van der Waals surface area contributed by atoms with Crippen molar-refractivity contribution in [1.82, 2.24) is 15.0 Å². The Morgan fingerprint density at radius 2 is 1.74 bits per heavy atom. The lowest BCUT2D eigenvalue weighted by Gasteiger charge is -2.21. The van der Waals surface area contributed by atoms with Gasteiger partial charge in [0.2, 0.25) is 11.7 Å². The highest BCUT2D eigenvalue weighted by Crippen LogP contribution is 2.36. The molecule has 1 aliphatic heterocycles. The van der Waals surface area contributed by atoms with Crippen molar-refractivity contribution in [3.8, 4) is 11.4 Å². The van der Waals surface area contributed by atoms with E-state index in [-0.39, 0.29) is 41.6 Å². The molecule has 6 nitrogen and oxygen atoms in total. The predicted octanol–water partition coefficient (Wildman–Crippen LogP) is 5.59. The van der Waals surface area contributed by atoms with Gasteiger partial charge in [-0.05, 0) is 55.0 Å². The lowest BCUT2D eigenvalue weighted by Crippen LogP contribution is -2.35. The Morgan fingerprint density at radius 3 is 2.37 bits per heavy atom. The van der Waals surface area contributed by atoms with Gasteiger partial charge in [-0.25, -0.2) is 0 Å². The fourth-order valence-corrected chi connectivity index (χ4v) is 4.14. The van der Waals surface area contributed by atoms with Crippen molar-refractivity contribution in [2.24, 2.45) is 5.73 Å². The first-order chi connectivity index (χ1) is 16.4. The molecule has 0 spiro atoms. The Hall–Kier alpha value is -3.57. The highest BCUT2D eigenvalue weighted by Gasteiger charge is 2.35. The van der Waals surface area contributed by atoms with E-state index in [2.05, 4.69) is 10.1 Å². The van der Waals surface area contributed by atoms with Crippen molar-refractivity contribution in [3.63, 3.8) is 0 Å². The maximum absolute atomic E-state index is 13.8. The van der Waals surface area contributed by atoms with Crippen molar-refractivity contribution in [3.05, 3.63) is 70.6 Å². The number of benzene rings is 2. The zero-order valence-electron chi connectivity index (χ0n) is 18.2. The summed E-state index contributed by atoms with van der Waals surface area (Å²) < 4.78 is 84.8. The lowest BCUT2D eigenvalue weighted by molar-refractivity contribution is -0.138. The maximum atomic E-state index is 13.8. The van der Waals surface area contributed by atoms with Gasteiger partial charge in [0.15, 0.2) is 5.96 Å². The molecule has 0 aliphatic carbocycles. The van der Waals surface area contributed by atoms with Crippen LogP contribution in [0.15, 0.2) is 47.0 Å². The van der Waals surface area contributed by atoms with E-state index in [4.69, 9.17) is 15.7 Å². The van der Waals surface area contributed by atoms with Gasteiger partial charge in [0, 0.05) is 12.1 Å². The minimum Gasteiger partial charge on any atom is -0.370 e. The van der Waals surface area contributed by atoms with Crippen molar-refractivity contribution in [1.29, 1.82) is 5.41 Å². The van der Waals surface area contributed by atoms with Gasteiger partial charge in [-0.3, -0.25) is 5.41 Å². The van der Waals surface area contributed by atoms with Crippen LogP contribution in [0.4, 0.5) is 26.3 Å². The molecule has 12 heteroatoms. The minimum absolute atomic E-state index is 0.00316. The zero-order chi connectivity index (χ0) is 25.4. The molecular weight excluding hydrogens is 476 g/mol. The van der Waals surface area contributed by atoms with E-state index in [0.29, 0.717) is 18.5 Å². The van der Waals surface area contributed by atoms with Gasteiger partial charge in [-0.1, -0.05) is 29.4 Å². The summed E-state index contributed by atoms with van der Waals surface area (Å²) in [5, 5.41) is 11.5. The number of hydrogen-bond donors (Lipinski definition) is 2. The largest absolute Gasteiger partial charge is 0.416 e. The second-order valence-corrected chi connectivity index (χ2v) is 8.26. The molecule has 1 aliphatic rings. The number of guanidine groups is 1. The van der Waals surface area contributed by atoms with Crippen LogP contribution in [-0.4, -0.2) is 27.5 Å². The average Bonchev–Trinajstić information content (AvgIpc) is 3.46. The average molecular weight is 497 g/mol. The van der Waals surface area contributed by atoms with Crippen molar-refractivity contribution < 1.29 is 30.9 Å². The summed E-state index contributed by atoms with van der Waals surface area (Å²) in [5.74, 6) is 0.00633. The van der Waals surface area contributed by atoms with Gasteiger partial charge < -0.3 is 15.2 Å². The lowest BCUT2D eigenvalue weighted by atomic mass is 9.97. The Morgan fingerprint density at radius 1 is 1.03 bits per heavy atom. The molecule has 2 heterocycles. The van der Waals surface area contributed by atoms with Gasteiger partial charge >= 0.3 is 12.4 Å². The van der Waals surface area contributed by atoms with Gasteiger partial charge in [0.05, 0.1) is 11.1 Å². The zero-order valence-corrected chi connectivity index (χ0v) is 18.2. The predicted molar refractivity (Wildman–Crippen MR) is 114 cm³/mol. The number of nitrogens with one attached hydrogen (secondary N) is 1. The van der Waals surface area contributed by atoms with Crippen LogP contribution in [0.5, 0.6) is 0 Å². The first kappa shape index (κ1) is 24.6. The minimum atomic E-state index is -4.66. The van der Waals surface area contributed by atoms with Gasteiger partial charge in [-0.15, -0.1) is 0 Å². The number of nitrogens with two attached hydrogens (primary N) is 1. The van der Waals surface area contributed by atoms with Crippen molar-refractivity contribution in [2.75, 3.05) is 6.54 Å². The molecular formula is C23H21F6N5O. The Bertz CT molecular complexity index is 1200. The molecule has 3 aromatic rings. The third-order valence-corrected chi connectivity index (χ3v) is 5.93. The summed E-state index contributed by atoms with van der Waals surface area (Å²) >= 11 is 0. The number of halogens is 6. The second kappa shape index (κ2) is 9.23. The first-order valence-corrected chi connectivity index (χ1v) is 10.7. The standard InChI is InChI=1S/C23H21F6N5O/c24-22(25,26)16-9-4-13(5-10-16)3-6-14-7-8-15(12-17(14)23(27,28)29)19-32-20(35-33-19)18-2-1-11-34(18)21(30)31/h4-5,7-10,12,18H,1-3,6,11H2,(H3,30,31)/t18-/m0/s1. The SMILES string of the molecule is N=C(N)N1CCC[C@H]1c1nc(-c2ccc(CCc3ccc(C(F)(F)F)cc3)c(C(F)(F)F)c2)no1. The molecule has 1 aromatic heterocycles. The molecule has 0 unspecified atom stereocenters. The van der Waals surface area contributed by atoms with Gasteiger partial charge in [0.1, 0.15) is 6.04 Å². The number of aryl methyl sites for hydroxylation is 2. The number of rotatable bonds is 5. The Balaban J connectivity index is 1.55. The Kier molecular flexibility index (Phi) is 6.48. The molecule has 0 amide bonds. The molecule has 186 valence electrons. The molecule has 1 atom stereocenters. The molecule has 0 saturated carbocycles. The summed E-state index contributed by atoms with van der Waals surface area (Å²) in [6.07, 6.45) is -7.64. The number of nitrogens with zero attached hydrogens (tertiary/aromatic N) is 3. The Labute approximate surface area is 196 Å². The number of likely N-dealkylation sites (tertiary alicyclic amines) is 1. The van der Waals surface area contributed by atoms with E-state index in [9.17, 15) is 26.3 Å². The highest BCUT2D eigenvalue weighted by atomic mass is 19.4. The van der Waals surface area contributed by atoms with E-state index < -0.39 is 29.5 Å². The topological polar surface area (TPSA) is 92.0 Å². The number of hydrogen-bond acceptors (Lipinski definition) is 4. The second-order valence-electron chi connectivity index (χ2n) is 8.26. The van der Waals surface area contributed by atoms with Crippen LogP contribution in [0, 0.1) is 5.41 Å². The monoisotopic (exact) mass is 497 g/mol. The number of alkyl halides is 6. The van der Waals surface area contributed by atoms with E-state index in [1.807, 2.05) is 0 Å². The smallest absolute Gasteiger partial charge is 0.370 e. The van der Waals surface area contributed by atoms with Crippen LogP contribution < -0.4 is 5.73 Å². The quantitative estimate of drug-likeness (QED) is 0.272. The van der Waals surface area contributed by atoms with Crippen LogP contribution in [0.25, 0.3) is 11.4 Å². The fraction of sp³-hybridized carbons (Fsp3) is 0.348.